The molecule has 1 N–H and O–H groups in total. The van der Waals surface area contributed by atoms with Crippen molar-refractivity contribution in [3.8, 4) is 0 Å². The Balaban J connectivity index is 2.32. The molecule has 0 aliphatic carbocycles. The van der Waals surface area contributed by atoms with Crippen LogP contribution in [0.2, 0.25) is 0 Å². The Bertz CT molecular complexity index is 860. The molecule has 1 amide bonds. The normalized spacial score (nSPS) is 10.4. The predicted octanol–water partition coefficient (Wildman–Crippen LogP) is 2.64. The zero-order valence-corrected chi connectivity index (χ0v) is 16.6. The number of nitrogens with one attached hydrogen (secondary N) is 1. The van der Waals surface area contributed by atoms with Crippen LogP contribution >= 0.6 is 11.3 Å². The summed E-state index contributed by atoms with van der Waals surface area (Å²) in [6.45, 7) is 7.42. The summed E-state index contributed by atoms with van der Waals surface area (Å²) in [5.41, 5.74) is 1.55. The summed E-state index contributed by atoms with van der Waals surface area (Å²) in [7, 11) is 0. The van der Waals surface area contributed by atoms with Gasteiger partial charge in [0.2, 0.25) is 6.54 Å². The Morgan fingerprint density at radius 3 is 2.37 bits per heavy atom. The molecule has 0 fully saturated rings. The Hall–Kier alpha value is -2.74. The highest BCUT2D eigenvalue weighted by atomic mass is 32.1. The number of hydrogen-bond donors (Lipinski definition) is 1. The Morgan fingerprint density at radius 1 is 1.07 bits per heavy atom. The van der Waals surface area contributed by atoms with E-state index in [1.165, 1.54) is 0 Å². The van der Waals surface area contributed by atoms with Crippen molar-refractivity contribution >= 4 is 34.2 Å². The predicted molar refractivity (Wildman–Crippen MR) is 101 cm³/mol. The van der Waals surface area contributed by atoms with E-state index in [2.05, 4.69) is 5.32 Å². The summed E-state index contributed by atoms with van der Waals surface area (Å²) in [5, 5.41) is 3.02. The van der Waals surface area contributed by atoms with Crippen LogP contribution in [-0.4, -0.2) is 31.1 Å². The molecule has 2 aromatic heterocycles. The van der Waals surface area contributed by atoms with Gasteiger partial charge in [0.15, 0.2) is 11.9 Å². The molecule has 0 aromatic carbocycles. The van der Waals surface area contributed by atoms with Gasteiger partial charge in [-0.3, -0.25) is 4.79 Å². The SMILES string of the molecule is CCOC(=O)c1sc(NC(=O)C[n+]2ccccc2C)c(C(=O)OCC)c1C. The molecule has 0 radical (unpaired) electrons. The fraction of sp³-hybridized carbons (Fsp3) is 0.368. The summed E-state index contributed by atoms with van der Waals surface area (Å²) < 4.78 is 11.9. The number of pyridine rings is 1. The zero-order valence-electron chi connectivity index (χ0n) is 15.8. The number of carbonyl (C=O) groups excluding carboxylic acids is 3. The van der Waals surface area contributed by atoms with Crippen LogP contribution in [0.1, 0.15) is 45.1 Å². The molecule has 0 aliphatic heterocycles. The first kappa shape index (κ1) is 20.6. The molecule has 0 aliphatic rings. The number of ether oxygens (including phenoxy) is 2. The quantitative estimate of drug-likeness (QED) is 0.579. The van der Waals surface area contributed by atoms with Crippen LogP contribution in [0.4, 0.5) is 5.00 Å². The molecular formula is C19H23N2O5S+. The number of rotatable bonds is 7. The van der Waals surface area contributed by atoms with Crippen molar-refractivity contribution in [2.45, 2.75) is 34.2 Å². The van der Waals surface area contributed by atoms with Gasteiger partial charge in [0.25, 0.3) is 5.91 Å². The van der Waals surface area contributed by atoms with Crippen LogP contribution in [0.5, 0.6) is 0 Å². The number of aromatic nitrogens is 1. The monoisotopic (exact) mass is 391 g/mol. The number of hydrogen-bond acceptors (Lipinski definition) is 6. The minimum absolute atomic E-state index is 0.0840. The van der Waals surface area contributed by atoms with Gasteiger partial charge in [0.05, 0.1) is 18.8 Å². The van der Waals surface area contributed by atoms with Crippen LogP contribution < -0.4 is 9.88 Å². The first-order valence-corrected chi connectivity index (χ1v) is 9.43. The third-order valence-electron chi connectivity index (χ3n) is 3.82. The molecule has 0 bridgehead atoms. The Labute approximate surface area is 161 Å². The molecule has 0 saturated heterocycles. The van der Waals surface area contributed by atoms with Gasteiger partial charge in [-0.05, 0) is 26.3 Å². The summed E-state index contributed by atoms with van der Waals surface area (Å²) in [6, 6.07) is 5.61. The van der Waals surface area contributed by atoms with Gasteiger partial charge in [-0.15, -0.1) is 11.3 Å². The average Bonchev–Trinajstić information content (AvgIpc) is 2.93. The fourth-order valence-corrected chi connectivity index (χ4v) is 3.61. The van der Waals surface area contributed by atoms with Crippen molar-refractivity contribution in [2.24, 2.45) is 0 Å². The number of nitrogens with zero attached hydrogens (tertiary/aromatic N) is 1. The molecule has 0 unspecified atom stereocenters. The first-order chi connectivity index (χ1) is 12.9. The Morgan fingerprint density at radius 2 is 1.74 bits per heavy atom. The van der Waals surface area contributed by atoms with Gasteiger partial charge in [-0.1, -0.05) is 6.07 Å². The number of carbonyl (C=O) groups is 3. The van der Waals surface area contributed by atoms with Gasteiger partial charge in [-0.2, -0.15) is 4.57 Å². The molecule has 0 spiro atoms. The van der Waals surface area contributed by atoms with Crippen molar-refractivity contribution in [1.29, 1.82) is 0 Å². The molecule has 8 heteroatoms. The highest BCUT2D eigenvalue weighted by Crippen LogP contribution is 2.34. The molecule has 2 rings (SSSR count). The van der Waals surface area contributed by atoms with Crippen molar-refractivity contribution < 1.29 is 28.4 Å². The molecule has 7 nitrogen and oxygen atoms in total. The lowest BCUT2D eigenvalue weighted by atomic mass is 10.1. The number of esters is 2. The molecular weight excluding hydrogens is 368 g/mol. The third-order valence-corrected chi connectivity index (χ3v) is 5.01. The smallest absolute Gasteiger partial charge is 0.348 e. The van der Waals surface area contributed by atoms with E-state index in [4.69, 9.17) is 9.47 Å². The topological polar surface area (TPSA) is 85.6 Å². The maximum atomic E-state index is 12.5. The lowest BCUT2D eigenvalue weighted by Crippen LogP contribution is -2.42. The minimum Gasteiger partial charge on any atom is -0.462 e. The largest absolute Gasteiger partial charge is 0.462 e. The van der Waals surface area contributed by atoms with E-state index in [0.29, 0.717) is 5.56 Å². The number of aryl methyl sites for hydroxylation is 1. The van der Waals surface area contributed by atoms with E-state index in [1.807, 2.05) is 25.1 Å². The second-order valence-electron chi connectivity index (χ2n) is 5.72. The molecule has 0 atom stereocenters. The molecule has 27 heavy (non-hydrogen) atoms. The fourth-order valence-electron chi connectivity index (χ4n) is 2.50. The van der Waals surface area contributed by atoms with Crippen LogP contribution in [0, 0.1) is 13.8 Å². The zero-order chi connectivity index (χ0) is 20.0. The summed E-state index contributed by atoms with van der Waals surface area (Å²) in [5.74, 6) is -1.42. The van der Waals surface area contributed by atoms with E-state index < -0.39 is 11.9 Å². The summed E-state index contributed by atoms with van der Waals surface area (Å²) in [6.07, 6.45) is 1.80. The van der Waals surface area contributed by atoms with Gasteiger partial charge in [-0.25, -0.2) is 9.59 Å². The summed E-state index contributed by atoms with van der Waals surface area (Å²) in [4.78, 5) is 37.3. The van der Waals surface area contributed by atoms with Crippen LogP contribution in [0.25, 0.3) is 0 Å². The van der Waals surface area contributed by atoms with E-state index in [-0.39, 0.29) is 41.1 Å². The maximum Gasteiger partial charge on any atom is 0.348 e. The molecule has 0 saturated carbocycles. The van der Waals surface area contributed by atoms with Crippen molar-refractivity contribution in [1.82, 2.24) is 0 Å². The second-order valence-corrected chi connectivity index (χ2v) is 6.74. The van der Waals surface area contributed by atoms with Gasteiger partial charge in [0, 0.05) is 19.1 Å². The highest BCUT2D eigenvalue weighted by molar-refractivity contribution is 7.18. The van der Waals surface area contributed by atoms with Crippen LogP contribution in [0.15, 0.2) is 24.4 Å². The average molecular weight is 391 g/mol. The van der Waals surface area contributed by atoms with Crippen molar-refractivity contribution in [3.05, 3.63) is 46.1 Å². The van der Waals surface area contributed by atoms with Crippen molar-refractivity contribution in [2.75, 3.05) is 18.5 Å². The summed E-state index contributed by atoms with van der Waals surface area (Å²) >= 11 is 1.01. The Kier molecular flexibility index (Phi) is 7.06. The van der Waals surface area contributed by atoms with Crippen LogP contribution in [0.3, 0.4) is 0 Å². The van der Waals surface area contributed by atoms with Crippen LogP contribution in [-0.2, 0) is 20.8 Å². The molecule has 144 valence electrons. The van der Waals surface area contributed by atoms with E-state index in [1.54, 1.807) is 31.5 Å². The third kappa shape index (κ3) is 4.91. The van der Waals surface area contributed by atoms with Gasteiger partial charge >= 0.3 is 11.9 Å². The number of anilines is 1. The van der Waals surface area contributed by atoms with Gasteiger partial charge < -0.3 is 14.8 Å². The van der Waals surface area contributed by atoms with E-state index in [0.717, 1.165) is 17.0 Å². The first-order valence-electron chi connectivity index (χ1n) is 8.61. The van der Waals surface area contributed by atoms with Crippen molar-refractivity contribution in [3.63, 3.8) is 0 Å². The molecule has 2 aromatic rings. The van der Waals surface area contributed by atoms with E-state index in [9.17, 15) is 14.4 Å². The van der Waals surface area contributed by atoms with Gasteiger partial charge in [0.1, 0.15) is 9.88 Å². The lowest BCUT2D eigenvalue weighted by molar-refractivity contribution is -0.690. The number of amides is 1. The standard InChI is InChI=1S/C19H22N2O5S/c1-5-25-18(23)15-13(4)16(19(24)26-6-2)27-17(15)20-14(22)11-21-10-8-7-9-12(21)3/h7-10H,5-6,11H2,1-4H3/p+1. The minimum atomic E-state index is -0.583. The lowest BCUT2D eigenvalue weighted by Gasteiger charge is -2.06. The number of thiophene rings is 1. The maximum absolute atomic E-state index is 12.5. The van der Waals surface area contributed by atoms with E-state index >= 15 is 0 Å². The highest BCUT2D eigenvalue weighted by Gasteiger charge is 2.27. The second kappa shape index (κ2) is 9.27. The molecule has 2 heterocycles.